The number of benzene rings is 1. The summed E-state index contributed by atoms with van der Waals surface area (Å²) in [6, 6.07) is 3.80. The molecule has 0 aliphatic heterocycles. The molecule has 0 aliphatic carbocycles. The summed E-state index contributed by atoms with van der Waals surface area (Å²) in [5.41, 5.74) is -0.0243. The van der Waals surface area contributed by atoms with Gasteiger partial charge in [-0.25, -0.2) is 4.79 Å². The zero-order valence-electron chi connectivity index (χ0n) is 14.0. The molecule has 0 saturated carbocycles. The average molecular weight is 338 g/mol. The number of nitro groups is 1. The molecule has 0 aromatic heterocycles. The number of amides is 1. The molecule has 0 unspecified atom stereocenters. The second-order valence-electron chi connectivity index (χ2n) is 5.03. The number of hydrogen-bond donors (Lipinski definition) is 1. The Balaban J connectivity index is 2.99. The Bertz CT molecular complexity index is 598. The molecule has 0 saturated heterocycles. The summed E-state index contributed by atoms with van der Waals surface area (Å²) in [7, 11) is 0. The van der Waals surface area contributed by atoms with Crippen molar-refractivity contribution in [1.82, 2.24) is 0 Å². The molecule has 0 atom stereocenters. The van der Waals surface area contributed by atoms with E-state index in [0.29, 0.717) is 12.8 Å². The molecule has 1 rings (SSSR count). The summed E-state index contributed by atoms with van der Waals surface area (Å²) in [5, 5.41) is 13.6. The highest BCUT2D eigenvalue weighted by Gasteiger charge is 2.19. The molecule has 1 amide bonds. The van der Waals surface area contributed by atoms with Gasteiger partial charge in [0.25, 0.3) is 5.69 Å². The number of anilines is 1. The van der Waals surface area contributed by atoms with Crippen molar-refractivity contribution in [2.24, 2.45) is 5.92 Å². The Labute approximate surface area is 140 Å². The van der Waals surface area contributed by atoms with Crippen LogP contribution in [0.25, 0.3) is 0 Å². The number of carbonyl (C=O) groups excluding carboxylic acids is 2. The van der Waals surface area contributed by atoms with Crippen LogP contribution < -0.4 is 10.1 Å². The van der Waals surface area contributed by atoms with E-state index in [0.717, 1.165) is 0 Å². The largest absolute Gasteiger partial charge is 0.480 e. The highest BCUT2D eigenvalue weighted by atomic mass is 16.6. The lowest BCUT2D eigenvalue weighted by Crippen LogP contribution is -2.22. The molecule has 8 nitrogen and oxygen atoms in total. The van der Waals surface area contributed by atoms with Crippen LogP contribution in [0.4, 0.5) is 11.4 Å². The van der Waals surface area contributed by atoms with Gasteiger partial charge < -0.3 is 14.8 Å². The van der Waals surface area contributed by atoms with Gasteiger partial charge in [0.1, 0.15) is 5.75 Å². The van der Waals surface area contributed by atoms with Crippen LogP contribution in [0.5, 0.6) is 5.75 Å². The molecule has 0 heterocycles. The van der Waals surface area contributed by atoms with Crippen LogP contribution in [0.3, 0.4) is 0 Å². The molecular weight excluding hydrogens is 316 g/mol. The van der Waals surface area contributed by atoms with Gasteiger partial charge in [0.15, 0.2) is 6.61 Å². The summed E-state index contributed by atoms with van der Waals surface area (Å²) >= 11 is 0. The van der Waals surface area contributed by atoms with E-state index in [1.54, 1.807) is 6.92 Å². The molecule has 8 heteroatoms. The average Bonchev–Trinajstić information content (AvgIpc) is 2.54. The number of carbonyl (C=O) groups is 2. The van der Waals surface area contributed by atoms with Crippen molar-refractivity contribution in [3.63, 3.8) is 0 Å². The second kappa shape index (κ2) is 9.49. The predicted octanol–water partition coefficient (Wildman–Crippen LogP) is 2.91. The SMILES string of the molecule is CCOC(=O)COc1ccc([N+](=O)[O-])cc1NC(=O)C(CC)CC. The van der Waals surface area contributed by atoms with E-state index >= 15 is 0 Å². The fourth-order valence-electron chi connectivity index (χ4n) is 2.09. The number of rotatable bonds is 9. The Morgan fingerprint density at radius 2 is 1.92 bits per heavy atom. The lowest BCUT2D eigenvalue weighted by Gasteiger charge is -2.15. The van der Waals surface area contributed by atoms with Crippen molar-refractivity contribution in [2.75, 3.05) is 18.5 Å². The first-order valence-corrected chi connectivity index (χ1v) is 7.80. The minimum atomic E-state index is -0.568. The Kier molecular flexibility index (Phi) is 7.67. The van der Waals surface area contributed by atoms with Crippen LogP contribution in [0, 0.1) is 16.0 Å². The first-order chi connectivity index (χ1) is 11.4. The van der Waals surface area contributed by atoms with Gasteiger partial charge in [-0.2, -0.15) is 0 Å². The topological polar surface area (TPSA) is 108 Å². The molecule has 132 valence electrons. The number of nitrogens with one attached hydrogen (secondary N) is 1. The van der Waals surface area contributed by atoms with Gasteiger partial charge in [-0.15, -0.1) is 0 Å². The van der Waals surface area contributed by atoms with Gasteiger partial charge in [0.05, 0.1) is 17.2 Å². The summed E-state index contributed by atoms with van der Waals surface area (Å²) < 4.78 is 10.1. The molecule has 0 radical (unpaired) electrons. The van der Waals surface area contributed by atoms with Crippen LogP contribution in [0.2, 0.25) is 0 Å². The quantitative estimate of drug-likeness (QED) is 0.421. The highest BCUT2D eigenvalue weighted by Crippen LogP contribution is 2.30. The van der Waals surface area contributed by atoms with Crippen molar-refractivity contribution < 1.29 is 24.0 Å². The van der Waals surface area contributed by atoms with Gasteiger partial charge in [0, 0.05) is 18.1 Å². The maximum absolute atomic E-state index is 12.2. The lowest BCUT2D eigenvalue weighted by molar-refractivity contribution is -0.384. The first-order valence-electron chi connectivity index (χ1n) is 7.80. The smallest absolute Gasteiger partial charge is 0.344 e. The molecule has 1 aromatic rings. The van der Waals surface area contributed by atoms with Gasteiger partial charge in [-0.1, -0.05) is 13.8 Å². The van der Waals surface area contributed by atoms with Gasteiger partial charge >= 0.3 is 5.97 Å². The minimum Gasteiger partial charge on any atom is -0.480 e. The standard InChI is InChI=1S/C16H22N2O6/c1-4-11(5-2)16(20)17-13-9-12(18(21)22)7-8-14(13)24-10-15(19)23-6-3/h7-9,11H,4-6,10H2,1-3H3,(H,17,20). The normalized spacial score (nSPS) is 10.3. The zero-order valence-corrected chi connectivity index (χ0v) is 14.0. The molecule has 0 fully saturated rings. The summed E-state index contributed by atoms with van der Waals surface area (Å²) in [5.74, 6) is -0.843. The minimum absolute atomic E-state index is 0.158. The lowest BCUT2D eigenvalue weighted by atomic mass is 10.0. The third-order valence-electron chi connectivity index (χ3n) is 3.44. The fourth-order valence-corrected chi connectivity index (χ4v) is 2.09. The van der Waals surface area contributed by atoms with Crippen LogP contribution in [0.15, 0.2) is 18.2 Å². The number of non-ortho nitro benzene ring substituents is 1. The molecule has 1 N–H and O–H groups in total. The number of nitrogens with zero attached hydrogens (tertiary/aromatic N) is 1. The van der Waals surface area contributed by atoms with Crippen LogP contribution in [-0.2, 0) is 14.3 Å². The predicted molar refractivity (Wildman–Crippen MR) is 87.9 cm³/mol. The number of ether oxygens (including phenoxy) is 2. The maximum atomic E-state index is 12.2. The van der Waals surface area contributed by atoms with E-state index in [-0.39, 0.29) is 42.2 Å². The Hall–Kier alpha value is -2.64. The zero-order chi connectivity index (χ0) is 18.1. The van der Waals surface area contributed by atoms with E-state index in [9.17, 15) is 19.7 Å². The molecule has 0 aliphatic rings. The fraction of sp³-hybridized carbons (Fsp3) is 0.500. The van der Waals surface area contributed by atoms with Gasteiger partial charge in [0.2, 0.25) is 5.91 Å². The monoisotopic (exact) mass is 338 g/mol. The number of nitro benzene ring substituents is 1. The van der Waals surface area contributed by atoms with E-state index in [1.165, 1.54) is 18.2 Å². The van der Waals surface area contributed by atoms with E-state index in [4.69, 9.17) is 9.47 Å². The molecule has 1 aromatic carbocycles. The van der Waals surface area contributed by atoms with Gasteiger partial charge in [-0.05, 0) is 25.8 Å². The second-order valence-corrected chi connectivity index (χ2v) is 5.03. The number of esters is 1. The van der Waals surface area contributed by atoms with Crippen LogP contribution in [0.1, 0.15) is 33.6 Å². The van der Waals surface area contributed by atoms with Crippen molar-refractivity contribution >= 4 is 23.3 Å². The van der Waals surface area contributed by atoms with Crippen LogP contribution in [-0.4, -0.2) is 30.0 Å². The van der Waals surface area contributed by atoms with Crippen molar-refractivity contribution in [1.29, 1.82) is 0 Å². The first kappa shape index (κ1) is 19.4. The third kappa shape index (κ3) is 5.53. The Morgan fingerprint density at radius 3 is 2.46 bits per heavy atom. The summed E-state index contributed by atoms with van der Waals surface area (Å²) in [6.45, 7) is 5.32. The van der Waals surface area contributed by atoms with Gasteiger partial charge in [-0.3, -0.25) is 14.9 Å². The van der Waals surface area contributed by atoms with Crippen molar-refractivity contribution in [2.45, 2.75) is 33.6 Å². The number of hydrogen-bond acceptors (Lipinski definition) is 6. The Morgan fingerprint density at radius 1 is 1.25 bits per heavy atom. The van der Waals surface area contributed by atoms with Crippen molar-refractivity contribution in [3.8, 4) is 5.75 Å². The third-order valence-corrected chi connectivity index (χ3v) is 3.44. The van der Waals surface area contributed by atoms with Crippen LogP contribution >= 0.6 is 0 Å². The van der Waals surface area contributed by atoms with E-state index < -0.39 is 10.9 Å². The summed E-state index contributed by atoms with van der Waals surface area (Å²) in [6.07, 6.45) is 1.30. The summed E-state index contributed by atoms with van der Waals surface area (Å²) in [4.78, 5) is 34.0. The molecule has 0 spiro atoms. The molecule has 24 heavy (non-hydrogen) atoms. The molecule has 0 bridgehead atoms. The molecular formula is C16H22N2O6. The maximum Gasteiger partial charge on any atom is 0.344 e. The van der Waals surface area contributed by atoms with Crippen molar-refractivity contribution in [3.05, 3.63) is 28.3 Å². The van der Waals surface area contributed by atoms with E-state index in [1.807, 2.05) is 13.8 Å². The highest BCUT2D eigenvalue weighted by molar-refractivity contribution is 5.94. The van der Waals surface area contributed by atoms with E-state index in [2.05, 4.69) is 5.32 Å².